The minimum atomic E-state index is -0.415. The van der Waals surface area contributed by atoms with Gasteiger partial charge in [0.2, 0.25) is 0 Å². The summed E-state index contributed by atoms with van der Waals surface area (Å²) in [7, 11) is 1.68. The topological polar surface area (TPSA) is 70.1 Å². The predicted octanol–water partition coefficient (Wildman–Crippen LogP) is 1.51. The number of aryl methyl sites for hydroxylation is 2. The van der Waals surface area contributed by atoms with Crippen molar-refractivity contribution < 1.29 is 9.53 Å². The second-order valence-electron chi connectivity index (χ2n) is 4.33. The molecular weight excluding hydrogens is 206 g/mol. The molecule has 5 nitrogen and oxygen atoms in total. The number of aromatic nitrogens is 2. The zero-order valence-electron chi connectivity index (χ0n) is 10.4. The minimum absolute atomic E-state index is 0.137. The number of hydrogen-bond donors (Lipinski definition) is 1. The lowest BCUT2D eigenvalue weighted by molar-refractivity contribution is 0.0227. The molecule has 2 N–H and O–H groups in total. The molecule has 0 aliphatic carbocycles. The third-order valence-electron chi connectivity index (χ3n) is 2.69. The maximum absolute atomic E-state index is 11.9. The first-order chi connectivity index (χ1) is 7.34. The summed E-state index contributed by atoms with van der Waals surface area (Å²) in [6, 6.07) is 0. The normalized spacial score (nSPS) is 12.9. The second kappa shape index (κ2) is 4.55. The van der Waals surface area contributed by atoms with Crippen molar-refractivity contribution in [3.05, 3.63) is 11.4 Å². The van der Waals surface area contributed by atoms with E-state index >= 15 is 0 Å². The first-order valence-electron chi connectivity index (χ1n) is 5.34. The van der Waals surface area contributed by atoms with Gasteiger partial charge in [-0.15, -0.1) is 0 Å². The fourth-order valence-corrected chi connectivity index (χ4v) is 1.28. The van der Waals surface area contributed by atoms with Crippen LogP contribution >= 0.6 is 0 Å². The third kappa shape index (κ3) is 2.35. The highest BCUT2D eigenvalue weighted by atomic mass is 16.5. The Labute approximate surface area is 95.6 Å². The van der Waals surface area contributed by atoms with Crippen LogP contribution in [0.25, 0.3) is 0 Å². The van der Waals surface area contributed by atoms with Crippen LogP contribution in [-0.4, -0.2) is 21.9 Å². The fraction of sp³-hybridized carbons (Fsp3) is 0.636. The molecule has 0 aliphatic rings. The highest BCUT2D eigenvalue weighted by molar-refractivity contribution is 5.93. The highest BCUT2D eigenvalue weighted by Gasteiger charge is 2.22. The molecular formula is C11H19N3O2. The Bertz CT molecular complexity index is 396. The lowest BCUT2D eigenvalue weighted by Crippen LogP contribution is -2.22. The number of esters is 1. The Kier molecular flexibility index (Phi) is 3.57. The van der Waals surface area contributed by atoms with Crippen LogP contribution in [-0.2, 0) is 11.8 Å². The molecule has 90 valence electrons. The van der Waals surface area contributed by atoms with Crippen LogP contribution in [0.5, 0.6) is 0 Å². The molecule has 0 saturated carbocycles. The van der Waals surface area contributed by atoms with Crippen LogP contribution in [0.15, 0.2) is 0 Å². The monoisotopic (exact) mass is 225 g/mol. The van der Waals surface area contributed by atoms with E-state index in [2.05, 4.69) is 5.10 Å². The Morgan fingerprint density at radius 2 is 2.00 bits per heavy atom. The average Bonchev–Trinajstić information content (AvgIpc) is 2.40. The average molecular weight is 225 g/mol. The van der Waals surface area contributed by atoms with Crippen LogP contribution in [0.3, 0.4) is 0 Å². The Balaban J connectivity index is 2.89. The summed E-state index contributed by atoms with van der Waals surface area (Å²) in [4.78, 5) is 11.9. The van der Waals surface area contributed by atoms with Gasteiger partial charge in [-0.1, -0.05) is 13.8 Å². The van der Waals surface area contributed by atoms with Crippen LogP contribution in [0, 0.1) is 12.8 Å². The third-order valence-corrected chi connectivity index (χ3v) is 2.69. The Morgan fingerprint density at radius 1 is 1.44 bits per heavy atom. The van der Waals surface area contributed by atoms with Crippen LogP contribution in [0.4, 0.5) is 5.69 Å². The molecule has 0 fully saturated rings. The van der Waals surface area contributed by atoms with Gasteiger partial charge < -0.3 is 10.5 Å². The molecule has 0 spiro atoms. The van der Waals surface area contributed by atoms with E-state index < -0.39 is 5.97 Å². The summed E-state index contributed by atoms with van der Waals surface area (Å²) in [6.07, 6.45) is -0.137. The van der Waals surface area contributed by atoms with Crippen molar-refractivity contribution in [2.45, 2.75) is 33.8 Å². The standard InChI is InChI=1S/C11H19N3O2/c1-6(2)8(4)16-11(15)10-9(12)7(3)13-14(10)5/h6,8H,12H2,1-5H3. The number of rotatable bonds is 3. The molecule has 16 heavy (non-hydrogen) atoms. The second-order valence-corrected chi connectivity index (χ2v) is 4.33. The Morgan fingerprint density at radius 3 is 2.38 bits per heavy atom. The zero-order valence-corrected chi connectivity index (χ0v) is 10.4. The van der Waals surface area contributed by atoms with Crippen molar-refractivity contribution in [1.82, 2.24) is 9.78 Å². The number of anilines is 1. The molecule has 1 heterocycles. The molecule has 5 heteroatoms. The van der Waals surface area contributed by atoms with Gasteiger partial charge in [0.15, 0.2) is 5.69 Å². The van der Waals surface area contributed by atoms with Gasteiger partial charge in [0.05, 0.1) is 11.4 Å². The van der Waals surface area contributed by atoms with Gasteiger partial charge in [0, 0.05) is 7.05 Å². The van der Waals surface area contributed by atoms with Crippen molar-refractivity contribution in [1.29, 1.82) is 0 Å². The molecule has 0 amide bonds. The number of nitrogen functional groups attached to an aromatic ring is 1. The predicted molar refractivity (Wildman–Crippen MR) is 62.1 cm³/mol. The first kappa shape index (κ1) is 12.5. The molecule has 1 aromatic rings. The first-order valence-corrected chi connectivity index (χ1v) is 5.34. The van der Waals surface area contributed by atoms with E-state index in [4.69, 9.17) is 10.5 Å². The van der Waals surface area contributed by atoms with Crippen molar-refractivity contribution in [2.24, 2.45) is 13.0 Å². The summed E-state index contributed by atoms with van der Waals surface area (Å²) < 4.78 is 6.75. The number of hydrogen-bond acceptors (Lipinski definition) is 4. The zero-order chi connectivity index (χ0) is 12.5. The van der Waals surface area contributed by atoms with Gasteiger partial charge in [-0.05, 0) is 19.8 Å². The van der Waals surface area contributed by atoms with E-state index in [0.29, 0.717) is 17.1 Å². The van der Waals surface area contributed by atoms with Crippen molar-refractivity contribution in [2.75, 3.05) is 5.73 Å². The lowest BCUT2D eigenvalue weighted by Gasteiger charge is -2.16. The maximum Gasteiger partial charge on any atom is 0.359 e. The smallest absolute Gasteiger partial charge is 0.359 e. The maximum atomic E-state index is 11.9. The van der Waals surface area contributed by atoms with E-state index in [1.165, 1.54) is 4.68 Å². The molecule has 0 saturated heterocycles. The molecule has 0 aromatic carbocycles. The van der Waals surface area contributed by atoms with Crippen molar-refractivity contribution in [3.8, 4) is 0 Å². The minimum Gasteiger partial charge on any atom is -0.458 e. The van der Waals surface area contributed by atoms with Crippen molar-refractivity contribution in [3.63, 3.8) is 0 Å². The van der Waals surface area contributed by atoms with Gasteiger partial charge in [-0.3, -0.25) is 4.68 Å². The largest absolute Gasteiger partial charge is 0.458 e. The molecule has 1 rings (SSSR count). The van der Waals surface area contributed by atoms with Crippen LogP contribution in [0.1, 0.15) is 37.0 Å². The molecule has 0 radical (unpaired) electrons. The van der Waals surface area contributed by atoms with Gasteiger partial charge in [-0.2, -0.15) is 5.10 Å². The van der Waals surface area contributed by atoms with Gasteiger partial charge in [0.1, 0.15) is 6.10 Å². The lowest BCUT2D eigenvalue weighted by atomic mass is 10.1. The molecule has 1 unspecified atom stereocenters. The van der Waals surface area contributed by atoms with E-state index in [0.717, 1.165) is 0 Å². The van der Waals surface area contributed by atoms with E-state index in [1.807, 2.05) is 20.8 Å². The number of nitrogens with two attached hydrogens (primary N) is 1. The van der Waals surface area contributed by atoms with Gasteiger partial charge >= 0.3 is 5.97 Å². The fourth-order valence-electron chi connectivity index (χ4n) is 1.28. The summed E-state index contributed by atoms with van der Waals surface area (Å²) >= 11 is 0. The quantitative estimate of drug-likeness (QED) is 0.792. The summed E-state index contributed by atoms with van der Waals surface area (Å²) in [6.45, 7) is 7.62. The number of carbonyl (C=O) groups excluding carboxylic acids is 1. The molecule has 1 atom stereocenters. The number of carbonyl (C=O) groups is 1. The van der Waals surface area contributed by atoms with Gasteiger partial charge in [-0.25, -0.2) is 4.79 Å². The summed E-state index contributed by atoms with van der Waals surface area (Å²) in [5, 5.41) is 4.07. The molecule has 0 aliphatic heterocycles. The SMILES string of the molecule is Cc1nn(C)c(C(=O)OC(C)C(C)C)c1N. The molecule has 1 aromatic heterocycles. The number of nitrogens with zero attached hydrogens (tertiary/aromatic N) is 2. The van der Waals surface area contributed by atoms with E-state index in [1.54, 1.807) is 14.0 Å². The summed E-state index contributed by atoms with van der Waals surface area (Å²) in [5.74, 6) is -0.138. The van der Waals surface area contributed by atoms with Crippen LogP contribution < -0.4 is 5.73 Å². The van der Waals surface area contributed by atoms with E-state index in [9.17, 15) is 4.79 Å². The summed E-state index contributed by atoms with van der Waals surface area (Å²) in [5.41, 5.74) is 7.13. The van der Waals surface area contributed by atoms with Gasteiger partial charge in [0.25, 0.3) is 0 Å². The van der Waals surface area contributed by atoms with E-state index in [-0.39, 0.29) is 12.0 Å². The number of ether oxygens (including phenoxy) is 1. The molecule has 0 bridgehead atoms. The Hall–Kier alpha value is -1.52. The van der Waals surface area contributed by atoms with Crippen molar-refractivity contribution >= 4 is 11.7 Å². The highest BCUT2D eigenvalue weighted by Crippen LogP contribution is 2.18. The van der Waals surface area contributed by atoms with Crippen LogP contribution in [0.2, 0.25) is 0 Å².